The standard InChI is InChI=1S/C10H16N4/c1-6(2)10-13-8(11)5-9(14-10)12-7-3-4-7/h5-7H,3-4H2,1-2H3,(H3,11,12,13,14). The minimum absolute atomic E-state index is 0.318. The first kappa shape index (κ1) is 9.24. The number of anilines is 2. The van der Waals surface area contributed by atoms with Gasteiger partial charge in [0.05, 0.1) is 0 Å². The SMILES string of the molecule is CC(C)c1nc(N)cc(NC2CC2)n1. The smallest absolute Gasteiger partial charge is 0.135 e. The topological polar surface area (TPSA) is 63.8 Å². The molecule has 1 fully saturated rings. The van der Waals surface area contributed by atoms with Crippen molar-refractivity contribution in [3.05, 3.63) is 11.9 Å². The molecule has 1 heterocycles. The second-order valence-electron chi connectivity index (χ2n) is 4.11. The molecule has 0 bridgehead atoms. The van der Waals surface area contributed by atoms with Crippen LogP contribution >= 0.6 is 0 Å². The molecule has 0 aromatic carbocycles. The Hall–Kier alpha value is -1.32. The molecule has 1 aliphatic carbocycles. The van der Waals surface area contributed by atoms with E-state index >= 15 is 0 Å². The summed E-state index contributed by atoms with van der Waals surface area (Å²) in [5.41, 5.74) is 5.70. The fourth-order valence-corrected chi connectivity index (χ4v) is 1.25. The van der Waals surface area contributed by atoms with Crippen LogP contribution in [0.4, 0.5) is 11.6 Å². The van der Waals surface area contributed by atoms with Gasteiger partial charge in [-0.15, -0.1) is 0 Å². The Morgan fingerprint density at radius 1 is 1.43 bits per heavy atom. The van der Waals surface area contributed by atoms with Gasteiger partial charge in [0.2, 0.25) is 0 Å². The molecule has 1 saturated carbocycles. The molecule has 3 N–H and O–H groups in total. The fraction of sp³-hybridized carbons (Fsp3) is 0.600. The van der Waals surface area contributed by atoms with Crippen LogP contribution in [0.25, 0.3) is 0 Å². The third-order valence-corrected chi connectivity index (χ3v) is 2.21. The first-order valence-corrected chi connectivity index (χ1v) is 5.06. The van der Waals surface area contributed by atoms with Gasteiger partial charge in [0.25, 0.3) is 0 Å². The lowest BCUT2D eigenvalue weighted by molar-refractivity contribution is 0.777. The molecule has 4 heteroatoms. The molecule has 0 amide bonds. The van der Waals surface area contributed by atoms with Crippen molar-refractivity contribution in [3.8, 4) is 0 Å². The quantitative estimate of drug-likeness (QED) is 0.766. The Bertz CT molecular complexity index is 331. The van der Waals surface area contributed by atoms with Crippen LogP contribution in [0.3, 0.4) is 0 Å². The van der Waals surface area contributed by atoms with E-state index in [4.69, 9.17) is 5.73 Å². The summed E-state index contributed by atoms with van der Waals surface area (Å²) in [4.78, 5) is 8.60. The Labute approximate surface area is 83.9 Å². The van der Waals surface area contributed by atoms with Gasteiger partial charge in [-0.25, -0.2) is 9.97 Å². The van der Waals surface area contributed by atoms with E-state index in [-0.39, 0.29) is 0 Å². The van der Waals surface area contributed by atoms with Crippen LogP contribution in [0.2, 0.25) is 0 Å². The normalized spacial score (nSPS) is 15.9. The molecule has 0 atom stereocenters. The zero-order valence-electron chi connectivity index (χ0n) is 8.62. The third-order valence-electron chi connectivity index (χ3n) is 2.21. The van der Waals surface area contributed by atoms with E-state index in [1.54, 1.807) is 6.07 Å². The molecule has 2 rings (SSSR count). The van der Waals surface area contributed by atoms with Crippen LogP contribution in [0, 0.1) is 0 Å². The highest BCUT2D eigenvalue weighted by atomic mass is 15.1. The van der Waals surface area contributed by atoms with Crippen LogP contribution in [0.15, 0.2) is 6.07 Å². The van der Waals surface area contributed by atoms with E-state index < -0.39 is 0 Å². The van der Waals surface area contributed by atoms with Crippen molar-refractivity contribution in [1.29, 1.82) is 0 Å². The highest BCUT2D eigenvalue weighted by Crippen LogP contribution is 2.24. The Morgan fingerprint density at radius 2 is 2.14 bits per heavy atom. The molecule has 0 spiro atoms. The molecule has 1 aliphatic rings. The van der Waals surface area contributed by atoms with Gasteiger partial charge in [0.1, 0.15) is 17.5 Å². The zero-order chi connectivity index (χ0) is 10.1. The highest BCUT2D eigenvalue weighted by molar-refractivity contribution is 5.46. The maximum atomic E-state index is 5.70. The number of hydrogen-bond donors (Lipinski definition) is 2. The molecule has 4 nitrogen and oxygen atoms in total. The highest BCUT2D eigenvalue weighted by Gasteiger charge is 2.21. The lowest BCUT2D eigenvalue weighted by atomic mass is 10.2. The summed E-state index contributed by atoms with van der Waals surface area (Å²) in [6.45, 7) is 4.13. The summed E-state index contributed by atoms with van der Waals surface area (Å²) in [7, 11) is 0. The summed E-state index contributed by atoms with van der Waals surface area (Å²) >= 11 is 0. The summed E-state index contributed by atoms with van der Waals surface area (Å²) in [5, 5.41) is 3.32. The van der Waals surface area contributed by atoms with E-state index in [0.717, 1.165) is 11.6 Å². The summed E-state index contributed by atoms with van der Waals surface area (Å²) in [5.74, 6) is 2.54. The van der Waals surface area contributed by atoms with Crippen molar-refractivity contribution < 1.29 is 0 Å². The number of aromatic nitrogens is 2. The van der Waals surface area contributed by atoms with E-state index in [1.807, 2.05) is 0 Å². The van der Waals surface area contributed by atoms with E-state index in [0.29, 0.717) is 17.8 Å². The predicted molar refractivity (Wildman–Crippen MR) is 57.2 cm³/mol. The average Bonchev–Trinajstić information content (AvgIpc) is 2.87. The second-order valence-corrected chi connectivity index (χ2v) is 4.11. The minimum atomic E-state index is 0.318. The summed E-state index contributed by atoms with van der Waals surface area (Å²) in [6.07, 6.45) is 2.47. The van der Waals surface area contributed by atoms with Crippen LogP contribution in [-0.2, 0) is 0 Å². The number of hydrogen-bond acceptors (Lipinski definition) is 4. The number of nitrogens with two attached hydrogens (primary N) is 1. The Morgan fingerprint density at radius 3 is 2.71 bits per heavy atom. The van der Waals surface area contributed by atoms with Crippen LogP contribution in [-0.4, -0.2) is 16.0 Å². The largest absolute Gasteiger partial charge is 0.384 e. The van der Waals surface area contributed by atoms with Crippen molar-refractivity contribution in [2.24, 2.45) is 0 Å². The summed E-state index contributed by atoms with van der Waals surface area (Å²) < 4.78 is 0. The van der Waals surface area contributed by atoms with Crippen LogP contribution < -0.4 is 11.1 Å². The van der Waals surface area contributed by atoms with E-state index in [2.05, 4.69) is 29.1 Å². The van der Waals surface area contributed by atoms with Crippen molar-refractivity contribution in [2.45, 2.75) is 38.6 Å². The van der Waals surface area contributed by atoms with Crippen molar-refractivity contribution in [3.63, 3.8) is 0 Å². The lowest BCUT2D eigenvalue weighted by Gasteiger charge is -2.08. The van der Waals surface area contributed by atoms with Gasteiger partial charge in [-0.1, -0.05) is 13.8 Å². The van der Waals surface area contributed by atoms with Gasteiger partial charge >= 0.3 is 0 Å². The van der Waals surface area contributed by atoms with Gasteiger partial charge in [-0.3, -0.25) is 0 Å². The molecule has 0 saturated heterocycles. The lowest BCUT2D eigenvalue weighted by Crippen LogP contribution is -2.08. The third kappa shape index (κ3) is 2.13. The Kier molecular flexibility index (Phi) is 2.27. The molecular formula is C10H16N4. The van der Waals surface area contributed by atoms with Gasteiger partial charge < -0.3 is 11.1 Å². The minimum Gasteiger partial charge on any atom is -0.384 e. The zero-order valence-corrected chi connectivity index (χ0v) is 8.62. The molecule has 14 heavy (non-hydrogen) atoms. The molecular weight excluding hydrogens is 176 g/mol. The summed E-state index contributed by atoms with van der Waals surface area (Å²) in [6, 6.07) is 2.40. The molecule has 0 unspecified atom stereocenters. The van der Waals surface area contributed by atoms with E-state index in [9.17, 15) is 0 Å². The van der Waals surface area contributed by atoms with E-state index in [1.165, 1.54) is 12.8 Å². The average molecular weight is 192 g/mol. The number of nitrogens with one attached hydrogen (secondary N) is 1. The van der Waals surface area contributed by atoms with Crippen molar-refractivity contribution >= 4 is 11.6 Å². The molecule has 0 radical (unpaired) electrons. The molecule has 0 aliphatic heterocycles. The maximum absolute atomic E-state index is 5.70. The molecule has 1 aromatic rings. The fourth-order valence-electron chi connectivity index (χ4n) is 1.25. The van der Waals surface area contributed by atoms with Gasteiger partial charge in [-0.05, 0) is 12.8 Å². The number of nitrogen functional groups attached to an aromatic ring is 1. The van der Waals surface area contributed by atoms with Crippen molar-refractivity contribution in [2.75, 3.05) is 11.1 Å². The van der Waals surface area contributed by atoms with Gasteiger partial charge in [0, 0.05) is 18.0 Å². The van der Waals surface area contributed by atoms with Gasteiger partial charge in [0.15, 0.2) is 0 Å². The maximum Gasteiger partial charge on any atom is 0.135 e. The first-order chi connectivity index (χ1) is 6.65. The number of rotatable bonds is 3. The first-order valence-electron chi connectivity index (χ1n) is 5.06. The second kappa shape index (κ2) is 3.44. The van der Waals surface area contributed by atoms with Gasteiger partial charge in [-0.2, -0.15) is 0 Å². The van der Waals surface area contributed by atoms with Crippen molar-refractivity contribution in [1.82, 2.24) is 9.97 Å². The van der Waals surface area contributed by atoms with Crippen LogP contribution in [0.1, 0.15) is 38.4 Å². The Balaban J connectivity index is 2.21. The monoisotopic (exact) mass is 192 g/mol. The predicted octanol–water partition coefficient (Wildman–Crippen LogP) is 1.76. The molecule has 76 valence electrons. The molecule has 1 aromatic heterocycles. The number of nitrogens with zero attached hydrogens (tertiary/aromatic N) is 2. The van der Waals surface area contributed by atoms with Crippen LogP contribution in [0.5, 0.6) is 0 Å².